The van der Waals surface area contributed by atoms with Crippen molar-refractivity contribution in [1.29, 1.82) is 0 Å². The Labute approximate surface area is 92.9 Å². The van der Waals surface area contributed by atoms with Gasteiger partial charge in [-0.25, -0.2) is 4.99 Å². The van der Waals surface area contributed by atoms with Gasteiger partial charge in [0.1, 0.15) is 11.5 Å². The third kappa shape index (κ3) is 3.49. The molecule has 2 N–H and O–H groups in total. The maximum absolute atomic E-state index is 12.1. The second-order valence-corrected chi connectivity index (χ2v) is 3.54. The molecule has 3 nitrogen and oxygen atoms in total. The molecule has 0 aliphatic heterocycles. The average molecular weight is 228 g/mol. The first-order valence-corrected chi connectivity index (χ1v) is 4.88. The molecule has 0 aliphatic carbocycles. The number of halogens is 2. The van der Waals surface area contributed by atoms with Gasteiger partial charge in [-0.15, -0.1) is 0 Å². The van der Waals surface area contributed by atoms with Crippen LogP contribution in [0.3, 0.4) is 0 Å². The van der Waals surface area contributed by atoms with E-state index in [-0.39, 0.29) is 11.7 Å². The lowest BCUT2D eigenvalue weighted by atomic mass is 10.2. The van der Waals surface area contributed by atoms with Crippen LogP contribution >= 0.6 is 0 Å². The molecule has 1 rings (SSSR count). The summed E-state index contributed by atoms with van der Waals surface area (Å²) in [4.78, 5) is 4.05. The van der Waals surface area contributed by atoms with Crippen LogP contribution in [0.1, 0.15) is 13.8 Å². The standard InChI is InChI=1S/C11H14F2N2O/c1-7(2)10(14)15-8-5-3-4-6-9(8)16-11(12)13/h3-7,11H,1-2H3,(H2,14,15). The summed E-state index contributed by atoms with van der Waals surface area (Å²) in [7, 11) is 0. The highest BCUT2D eigenvalue weighted by Crippen LogP contribution is 2.28. The summed E-state index contributed by atoms with van der Waals surface area (Å²) in [5, 5.41) is 0. The number of benzene rings is 1. The minimum Gasteiger partial charge on any atom is -0.433 e. The molecule has 5 heteroatoms. The van der Waals surface area contributed by atoms with E-state index in [1.165, 1.54) is 6.07 Å². The van der Waals surface area contributed by atoms with Crippen LogP contribution < -0.4 is 10.5 Å². The number of nitrogens with two attached hydrogens (primary N) is 1. The number of nitrogens with zero attached hydrogens (tertiary/aromatic N) is 1. The lowest BCUT2D eigenvalue weighted by Crippen LogP contribution is -2.18. The first-order chi connectivity index (χ1) is 7.50. The van der Waals surface area contributed by atoms with Gasteiger partial charge in [-0.3, -0.25) is 0 Å². The Kier molecular flexibility index (Phi) is 4.22. The SMILES string of the molecule is CC(C)C(N)=Nc1ccccc1OC(F)F. The number of para-hydroxylation sites is 2. The molecular formula is C11H14F2N2O. The van der Waals surface area contributed by atoms with Gasteiger partial charge in [0.05, 0.1) is 0 Å². The van der Waals surface area contributed by atoms with Gasteiger partial charge in [-0.1, -0.05) is 26.0 Å². The predicted octanol–water partition coefficient (Wildman–Crippen LogP) is 2.93. The molecule has 0 amide bonds. The molecule has 0 bridgehead atoms. The molecule has 88 valence electrons. The van der Waals surface area contributed by atoms with Crippen LogP contribution in [0.15, 0.2) is 29.3 Å². The Morgan fingerprint density at radius 2 is 1.94 bits per heavy atom. The maximum Gasteiger partial charge on any atom is 0.387 e. The number of rotatable bonds is 4. The lowest BCUT2D eigenvalue weighted by molar-refractivity contribution is -0.0494. The van der Waals surface area contributed by atoms with Crippen LogP contribution in [0.2, 0.25) is 0 Å². The van der Waals surface area contributed by atoms with Crippen LogP contribution in [0.5, 0.6) is 5.75 Å². The molecule has 0 aromatic heterocycles. The lowest BCUT2D eigenvalue weighted by Gasteiger charge is -2.09. The molecule has 0 unspecified atom stereocenters. The Morgan fingerprint density at radius 1 is 1.31 bits per heavy atom. The van der Waals surface area contributed by atoms with E-state index in [1.807, 2.05) is 13.8 Å². The van der Waals surface area contributed by atoms with Gasteiger partial charge in [-0.2, -0.15) is 8.78 Å². The maximum atomic E-state index is 12.1. The summed E-state index contributed by atoms with van der Waals surface area (Å²) >= 11 is 0. The van der Waals surface area contributed by atoms with Crippen LogP contribution in [-0.2, 0) is 0 Å². The van der Waals surface area contributed by atoms with Crippen molar-refractivity contribution in [2.45, 2.75) is 20.5 Å². The first-order valence-electron chi connectivity index (χ1n) is 4.88. The van der Waals surface area contributed by atoms with E-state index in [0.717, 1.165) is 0 Å². The minimum absolute atomic E-state index is 0.0288. The summed E-state index contributed by atoms with van der Waals surface area (Å²) in [6.07, 6.45) is 0. The number of alkyl halides is 2. The summed E-state index contributed by atoms with van der Waals surface area (Å²) in [6.45, 7) is 0.877. The first kappa shape index (κ1) is 12.4. The molecule has 0 atom stereocenters. The topological polar surface area (TPSA) is 47.6 Å². The summed E-state index contributed by atoms with van der Waals surface area (Å²) in [5.41, 5.74) is 5.97. The average Bonchev–Trinajstić information content (AvgIpc) is 2.20. The van der Waals surface area contributed by atoms with E-state index in [9.17, 15) is 8.78 Å². The Hall–Kier alpha value is -1.65. The van der Waals surface area contributed by atoms with Crippen molar-refractivity contribution in [2.75, 3.05) is 0 Å². The van der Waals surface area contributed by atoms with Gasteiger partial charge in [-0.05, 0) is 12.1 Å². The third-order valence-corrected chi connectivity index (χ3v) is 1.92. The van der Waals surface area contributed by atoms with E-state index >= 15 is 0 Å². The molecule has 0 fully saturated rings. The van der Waals surface area contributed by atoms with E-state index < -0.39 is 6.61 Å². The zero-order valence-corrected chi connectivity index (χ0v) is 9.15. The van der Waals surface area contributed by atoms with Crippen molar-refractivity contribution < 1.29 is 13.5 Å². The molecule has 0 aliphatic rings. The number of ether oxygens (including phenoxy) is 1. The third-order valence-electron chi connectivity index (χ3n) is 1.92. The van der Waals surface area contributed by atoms with Crippen molar-refractivity contribution in [3.63, 3.8) is 0 Å². The number of hydrogen-bond acceptors (Lipinski definition) is 2. The van der Waals surface area contributed by atoms with Crippen LogP contribution in [0.4, 0.5) is 14.5 Å². The second-order valence-electron chi connectivity index (χ2n) is 3.54. The quantitative estimate of drug-likeness (QED) is 0.636. The fraction of sp³-hybridized carbons (Fsp3) is 0.364. The van der Waals surface area contributed by atoms with Crippen molar-refractivity contribution >= 4 is 11.5 Å². The highest BCUT2D eigenvalue weighted by atomic mass is 19.3. The number of amidine groups is 1. The zero-order chi connectivity index (χ0) is 12.1. The molecule has 0 radical (unpaired) electrons. The Balaban J connectivity index is 2.99. The molecule has 1 aromatic carbocycles. The Bertz CT molecular complexity index is 378. The van der Waals surface area contributed by atoms with Gasteiger partial charge in [0, 0.05) is 5.92 Å². The number of aliphatic imine (C=N–C) groups is 1. The molecule has 0 spiro atoms. The van der Waals surface area contributed by atoms with Crippen LogP contribution in [0, 0.1) is 5.92 Å². The second kappa shape index (κ2) is 5.44. The monoisotopic (exact) mass is 228 g/mol. The predicted molar refractivity (Wildman–Crippen MR) is 59.2 cm³/mol. The fourth-order valence-corrected chi connectivity index (χ4v) is 1.01. The fourth-order valence-electron chi connectivity index (χ4n) is 1.01. The largest absolute Gasteiger partial charge is 0.433 e. The van der Waals surface area contributed by atoms with Gasteiger partial charge in [0.2, 0.25) is 0 Å². The highest BCUT2D eigenvalue weighted by Gasteiger charge is 2.09. The van der Waals surface area contributed by atoms with E-state index in [1.54, 1.807) is 18.2 Å². The van der Waals surface area contributed by atoms with E-state index in [4.69, 9.17) is 5.73 Å². The summed E-state index contributed by atoms with van der Waals surface area (Å²) in [5.74, 6) is 0.464. The zero-order valence-electron chi connectivity index (χ0n) is 9.15. The molecule has 0 saturated carbocycles. The van der Waals surface area contributed by atoms with Gasteiger partial charge >= 0.3 is 6.61 Å². The summed E-state index contributed by atoms with van der Waals surface area (Å²) < 4.78 is 28.5. The smallest absolute Gasteiger partial charge is 0.387 e. The van der Waals surface area contributed by atoms with E-state index in [0.29, 0.717) is 11.5 Å². The molecule has 16 heavy (non-hydrogen) atoms. The molecule has 1 aromatic rings. The van der Waals surface area contributed by atoms with Crippen molar-refractivity contribution in [2.24, 2.45) is 16.6 Å². The van der Waals surface area contributed by atoms with Gasteiger partial charge in [0.15, 0.2) is 5.75 Å². The summed E-state index contributed by atoms with van der Waals surface area (Å²) in [6, 6.07) is 6.29. The highest BCUT2D eigenvalue weighted by molar-refractivity contribution is 5.85. The van der Waals surface area contributed by atoms with E-state index in [2.05, 4.69) is 9.73 Å². The number of hydrogen-bond donors (Lipinski definition) is 1. The van der Waals surface area contributed by atoms with Crippen LogP contribution in [0.25, 0.3) is 0 Å². The van der Waals surface area contributed by atoms with Gasteiger partial charge < -0.3 is 10.5 Å². The molecular weight excluding hydrogens is 214 g/mol. The molecule has 0 saturated heterocycles. The minimum atomic E-state index is -2.86. The molecule has 0 heterocycles. The van der Waals surface area contributed by atoms with Crippen LogP contribution in [-0.4, -0.2) is 12.4 Å². The van der Waals surface area contributed by atoms with Gasteiger partial charge in [0.25, 0.3) is 0 Å². The van der Waals surface area contributed by atoms with Crippen molar-refractivity contribution in [3.05, 3.63) is 24.3 Å². The van der Waals surface area contributed by atoms with Crippen molar-refractivity contribution in [1.82, 2.24) is 0 Å². The van der Waals surface area contributed by atoms with Crippen molar-refractivity contribution in [3.8, 4) is 5.75 Å². The Morgan fingerprint density at radius 3 is 2.50 bits per heavy atom. The normalized spacial score (nSPS) is 12.2.